The van der Waals surface area contributed by atoms with Crippen LogP contribution < -0.4 is 0 Å². The van der Waals surface area contributed by atoms with Crippen LogP contribution in [0.15, 0.2) is 22.7 Å². The number of benzene rings is 1. The van der Waals surface area contributed by atoms with Crippen LogP contribution in [0, 0.1) is 0 Å². The molecule has 1 N–H and O–H groups in total. The molecule has 0 aliphatic rings. The fourth-order valence-corrected chi connectivity index (χ4v) is 2.34. The Balaban J connectivity index is 2.91. The Labute approximate surface area is 122 Å². The smallest absolute Gasteiger partial charge is 0.357 e. The summed E-state index contributed by atoms with van der Waals surface area (Å²) in [6.45, 7) is 0. The lowest BCUT2D eigenvalue weighted by Crippen LogP contribution is -2.14. The van der Waals surface area contributed by atoms with E-state index >= 15 is 0 Å². The third-order valence-corrected chi connectivity index (χ3v) is 3.36. The van der Waals surface area contributed by atoms with Gasteiger partial charge in [0, 0.05) is 4.47 Å². The Morgan fingerprint density at radius 2 is 1.85 bits per heavy atom. The number of halogens is 1. The van der Waals surface area contributed by atoms with Crippen molar-refractivity contribution in [3.05, 3.63) is 33.9 Å². The Morgan fingerprint density at radius 1 is 1.20 bits per heavy atom. The van der Waals surface area contributed by atoms with E-state index in [1.54, 1.807) is 18.2 Å². The molecule has 0 aliphatic carbocycles. The maximum atomic E-state index is 11.8. The molecule has 0 saturated carbocycles. The van der Waals surface area contributed by atoms with E-state index < -0.39 is 11.9 Å². The quantitative estimate of drug-likeness (QED) is 0.844. The molecule has 1 aromatic carbocycles. The summed E-state index contributed by atoms with van der Waals surface area (Å²) >= 11 is 3.26. The zero-order chi connectivity index (χ0) is 14.9. The van der Waals surface area contributed by atoms with E-state index in [0.29, 0.717) is 15.4 Å². The van der Waals surface area contributed by atoms with Crippen LogP contribution in [0.2, 0.25) is 0 Å². The van der Waals surface area contributed by atoms with Crippen molar-refractivity contribution in [1.82, 2.24) is 4.98 Å². The van der Waals surface area contributed by atoms with E-state index in [0.717, 1.165) is 14.2 Å². The average molecular weight is 340 g/mol. The molecular weight excluding hydrogens is 330 g/mol. The summed E-state index contributed by atoms with van der Waals surface area (Å²) in [4.78, 5) is 27.6. The molecule has 0 aliphatic heterocycles. The number of methoxy groups -OCH3 is 2. The number of aromatic hydroxyl groups is 1. The van der Waals surface area contributed by atoms with Crippen LogP contribution in [0.4, 0.5) is 0 Å². The first-order valence-corrected chi connectivity index (χ1v) is 6.28. The molecule has 1 heterocycles. The molecule has 6 nitrogen and oxygen atoms in total. The minimum Gasteiger partial charge on any atom is -0.506 e. The molecule has 0 radical (unpaired) electrons. The Bertz CT molecular complexity index is 713. The van der Waals surface area contributed by atoms with Gasteiger partial charge in [-0.3, -0.25) is 0 Å². The molecule has 0 saturated heterocycles. The van der Waals surface area contributed by atoms with Gasteiger partial charge in [0.15, 0.2) is 5.69 Å². The summed E-state index contributed by atoms with van der Waals surface area (Å²) < 4.78 is 9.70. The molecule has 2 rings (SSSR count). The summed E-state index contributed by atoms with van der Waals surface area (Å²) in [7, 11) is 2.31. The van der Waals surface area contributed by atoms with Gasteiger partial charge in [-0.15, -0.1) is 0 Å². The minimum atomic E-state index is -0.868. The van der Waals surface area contributed by atoms with Crippen molar-refractivity contribution < 1.29 is 24.2 Å². The van der Waals surface area contributed by atoms with Gasteiger partial charge in [-0.05, 0) is 28.1 Å². The third-order valence-electron chi connectivity index (χ3n) is 2.70. The largest absolute Gasteiger partial charge is 0.506 e. The number of carbonyl (C=O) groups is 2. The molecule has 0 spiro atoms. The number of fused-ring (bicyclic) bond motifs is 1. The second-order valence-electron chi connectivity index (χ2n) is 3.80. The highest BCUT2D eigenvalue weighted by Crippen LogP contribution is 2.35. The van der Waals surface area contributed by atoms with Crippen molar-refractivity contribution in [3.8, 4) is 5.75 Å². The molecule has 0 fully saturated rings. The average Bonchev–Trinajstić information content (AvgIpc) is 2.45. The molecule has 20 heavy (non-hydrogen) atoms. The van der Waals surface area contributed by atoms with E-state index in [-0.39, 0.29) is 17.0 Å². The van der Waals surface area contributed by atoms with Gasteiger partial charge in [0.25, 0.3) is 0 Å². The van der Waals surface area contributed by atoms with Crippen molar-refractivity contribution in [3.63, 3.8) is 0 Å². The Kier molecular flexibility index (Phi) is 3.89. The summed E-state index contributed by atoms with van der Waals surface area (Å²) in [6, 6.07) is 4.98. The highest BCUT2D eigenvalue weighted by molar-refractivity contribution is 9.10. The normalized spacial score (nSPS) is 10.3. The van der Waals surface area contributed by atoms with Crippen molar-refractivity contribution in [2.24, 2.45) is 0 Å². The van der Waals surface area contributed by atoms with Gasteiger partial charge in [-0.1, -0.05) is 6.07 Å². The Morgan fingerprint density at radius 3 is 2.45 bits per heavy atom. The van der Waals surface area contributed by atoms with Gasteiger partial charge in [0.2, 0.25) is 0 Å². The number of carbonyl (C=O) groups excluding carboxylic acids is 2. The highest BCUT2D eigenvalue weighted by atomic mass is 79.9. The lowest BCUT2D eigenvalue weighted by molar-refractivity contribution is 0.0547. The van der Waals surface area contributed by atoms with Crippen molar-refractivity contribution in [2.75, 3.05) is 14.2 Å². The summed E-state index contributed by atoms with van der Waals surface area (Å²) in [5.41, 5.74) is -0.258. The molecule has 0 amide bonds. The topological polar surface area (TPSA) is 85.7 Å². The van der Waals surface area contributed by atoms with Gasteiger partial charge in [-0.25, -0.2) is 14.6 Å². The van der Waals surface area contributed by atoms with E-state index in [9.17, 15) is 14.7 Å². The fourth-order valence-electron chi connectivity index (χ4n) is 1.79. The summed E-state index contributed by atoms with van der Waals surface area (Å²) in [5, 5.41) is 10.6. The fraction of sp³-hybridized carbons (Fsp3) is 0.154. The molecule has 2 aromatic rings. The SMILES string of the molecule is COC(=O)c1nc2cccc(Br)c2c(O)c1C(=O)OC. The number of esters is 2. The molecule has 1 aromatic heterocycles. The molecule has 0 unspecified atom stereocenters. The molecule has 104 valence electrons. The van der Waals surface area contributed by atoms with E-state index in [4.69, 9.17) is 0 Å². The standard InChI is InChI=1S/C13H10BrNO5/c1-19-12(17)9-10(13(18)20-2)15-7-5-3-4-6(14)8(7)11(9)16/h3-5H,1-2H3,(H,15,16). The Hall–Kier alpha value is -2.15. The molecule has 7 heteroatoms. The summed E-state index contributed by atoms with van der Waals surface area (Å²) in [6.07, 6.45) is 0. The van der Waals surface area contributed by atoms with Crippen LogP contribution in [0.5, 0.6) is 5.75 Å². The van der Waals surface area contributed by atoms with Crippen LogP contribution in [0.3, 0.4) is 0 Å². The van der Waals surface area contributed by atoms with Crippen LogP contribution in [-0.4, -0.2) is 36.2 Å². The molecule has 0 atom stereocenters. The second-order valence-corrected chi connectivity index (χ2v) is 4.66. The maximum Gasteiger partial charge on any atom is 0.357 e. The van der Waals surface area contributed by atoms with Crippen LogP contribution in [0.1, 0.15) is 20.8 Å². The monoisotopic (exact) mass is 339 g/mol. The maximum absolute atomic E-state index is 11.8. The van der Waals surface area contributed by atoms with Crippen LogP contribution in [0.25, 0.3) is 10.9 Å². The van der Waals surface area contributed by atoms with Gasteiger partial charge in [-0.2, -0.15) is 0 Å². The number of aromatic nitrogens is 1. The highest BCUT2D eigenvalue weighted by Gasteiger charge is 2.27. The number of nitrogens with zero attached hydrogens (tertiary/aromatic N) is 1. The number of rotatable bonds is 2. The van der Waals surface area contributed by atoms with Crippen molar-refractivity contribution >= 4 is 38.8 Å². The molecular formula is C13H10BrNO5. The van der Waals surface area contributed by atoms with Gasteiger partial charge in [0.05, 0.1) is 25.1 Å². The zero-order valence-electron chi connectivity index (χ0n) is 10.6. The lowest BCUT2D eigenvalue weighted by atomic mass is 10.1. The van der Waals surface area contributed by atoms with Crippen LogP contribution >= 0.6 is 15.9 Å². The number of ether oxygens (including phenoxy) is 2. The number of hydrogen-bond acceptors (Lipinski definition) is 6. The second kappa shape index (κ2) is 5.46. The van der Waals surface area contributed by atoms with Crippen LogP contribution in [-0.2, 0) is 9.47 Å². The first kappa shape index (κ1) is 14.3. The van der Waals surface area contributed by atoms with E-state index in [1.165, 1.54) is 0 Å². The number of pyridine rings is 1. The predicted molar refractivity (Wildman–Crippen MR) is 73.8 cm³/mol. The molecule has 0 bridgehead atoms. The first-order chi connectivity index (χ1) is 9.51. The van der Waals surface area contributed by atoms with E-state index in [1.807, 2.05) is 0 Å². The minimum absolute atomic E-state index is 0.289. The van der Waals surface area contributed by atoms with Gasteiger partial charge < -0.3 is 14.6 Å². The zero-order valence-corrected chi connectivity index (χ0v) is 12.2. The van der Waals surface area contributed by atoms with Crippen molar-refractivity contribution in [2.45, 2.75) is 0 Å². The third kappa shape index (κ3) is 2.20. The van der Waals surface area contributed by atoms with Gasteiger partial charge in [0.1, 0.15) is 11.3 Å². The van der Waals surface area contributed by atoms with Gasteiger partial charge >= 0.3 is 11.9 Å². The van der Waals surface area contributed by atoms with E-state index in [2.05, 4.69) is 30.4 Å². The summed E-state index contributed by atoms with van der Waals surface area (Å²) in [5.74, 6) is -2.08. The first-order valence-electron chi connectivity index (χ1n) is 5.49. The number of hydrogen-bond donors (Lipinski definition) is 1. The predicted octanol–water partition coefficient (Wildman–Crippen LogP) is 2.28. The lowest BCUT2D eigenvalue weighted by Gasteiger charge is -2.11. The van der Waals surface area contributed by atoms with Crippen molar-refractivity contribution in [1.29, 1.82) is 0 Å².